The van der Waals surface area contributed by atoms with Crippen LogP contribution in [0.1, 0.15) is 135 Å². The minimum absolute atomic E-state index is 0.00546. The fraction of sp³-hybridized carbons (Fsp3) is 0.838. The second-order valence-electron chi connectivity index (χ2n) is 13.3. The number of carboxylic acid groups (broad SMARTS) is 2. The number of rotatable bonds is 39. The molecule has 0 unspecified atom stereocenters. The zero-order valence-electron chi connectivity index (χ0n) is 31.7. The Balaban J connectivity index is 3.58. The molecule has 8 N–H and O–H groups in total. The summed E-state index contributed by atoms with van der Waals surface area (Å²) in [4.78, 5) is 69.2. The van der Waals surface area contributed by atoms with Crippen LogP contribution in [0.2, 0.25) is 0 Å². The predicted molar refractivity (Wildman–Crippen MR) is 199 cm³/mol. The van der Waals surface area contributed by atoms with Crippen molar-refractivity contribution < 1.29 is 48.5 Å². The second kappa shape index (κ2) is 34.9. The fourth-order valence-corrected chi connectivity index (χ4v) is 5.60. The maximum Gasteiger partial charge on any atom is 0.303 e. The molecule has 0 fully saturated rings. The highest BCUT2D eigenvalue weighted by atomic mass is 16.5. The molecule has 0 saturated heterocycles. The average molecular weight is 744 g/mol. The van der Waals surface area contributed by atoms with E-state index in [1.807, 2.05) is 0 Å². The molecule has 302 valence electrons. The normalized spacial score (nSPS) is 12.2. The van der Waals surface area contributed by atoms with E-state index in [-0.39, 0.29) is 50.2 Å². The van der Waals surface area contributed by atoms with Crippen molar-refractivity contribution in [3.05, 3.63) is 0 Å². The first-order valence-corrected chi connectivity index (χ1v) is 19.4. The molecule has 52 heavy (non-hydrogen) atoms. The van der Waals surface area contributed by atoms with Crippen LogP contribution in [0.3, 0.4) is 0 Å². The molecule has 15 heteroatoms. The Kier molecular flexibility index (Phi) is 32.8. The monoisotopic (exact) mass is 744 g/mol. The zero-order valence-corrected chi connectivity index (χ0v) is 31.7. The number of Topliss-reactive ketones (excluding diaryl/α,β-unsaturated/α-hetero) is 1. The summed E-state index contributed by atoms with van der Waals surface area (Å²) in [5.41, 5.74) is 5.28. The van der Waals surface area contributed by atoms with Gasteiger partial charge in [-0.05, 0) is 45.6 Å². The summed E-state index contributed by atoms with van der Waals surface area (Å²) >= 11 is 0. The molecular formula is C37H69N5O10. The largest absolute Gasteiger partial charge is 0.481 e. The van der Waals surface area contributed by atoms with Crippen molar-refractivity contribution >= 4 is 35.4 Å². The highest BCUT2D eigenvalue weighted by Crippen LogP contribution is 2.14. The van der Waals surface area contributed by atoms with Crippen molar-refractivity contribution in [1.29, 1.82) is 0 Å². The van der Waals surface area contributed by atoms with Gasteiger partial charge in [-0.15, -0.1) is 0 Å². The van der Waals surface area contributed by atoms with Crippen LogP contribution in [0.5, 0.6) is 0 Å². The van der Waals surface area contributed by atoms with E-state index in [9.17, 15) is 28.8 Å². The van der Waals surface area contributed by atoms with E-state index in [1.54, 1.807) is 7.05 Å². The van der Waals surface area contributed by atoms with Crippen LogP contribution in [0.4, 0.5) is 0 Å². The third kappa shape index (κ3) is 32.7. The molecule has 0 aliphatic rings. The number of nitrogens with two attached hydrogens (primary N) is 1. The lowest BCUT2D eigenvalue weighted by Gasteiger charge is -2.18. The van der Waals surface area contributed by atoms with Crippen LogP contribution >= 0.6 is 0 Å². The van der Waals surface area contributed by atoms with E-state index in [4.69, 9.17) is 25.4 Å². The molecule has 15 nitrogen and oxygen atoms in total. The fourth-order valence-electron chi connectivity index (χ4n) is 5.60. The van der Waals surface area contributed by atoms with Gasteiger partial charge in [0.25, 0.3) is 0 Å². The number of hydrogen-bond acceptors (Lipinski definition) is 10. The van der Waals surface area contributed by atoms with Crippen molar-refractivity contribution in [2.24, 2.45) is 5.73 Å². The van der Waals surface area contributed by atoms with Crippen molar-refractivity contribution in [1.82, 2.24) is 21.3 Å². The summed E-state index contributed by atoms with van der Waals surface area (Å²) in [5.74, 6) is -2.83. The number of ketones is 1. The molecule has 0 rings (SSSR count). The summed E-state index contributed by atoms with van der Waals surface area (Å²) < 4.78 is 10.8. The van der Waals surface area contributed by atoms with Crippen LogP contribution in [0.25, 0.3) is 0 Å². The topological polar surface area (TPSA) is 235 Å². The van der Waals surface area contributed by atoms with E-state index < -0.39 is 29.9 Å². The first kappa shape index (κ1) is 48.9. The number of carboxylic acids is 2. The van der Waals surface area contributed by atoms with Gasteiger partial charge >= 0.3 is 11.9 Å². The van der Waals surface area contributed by atoms with E-state index >= 15 is 0 Å². The van der Waals surface area contributed by atoms with Gasteiger partial charge < -0.3 is 41.4 Å². The van der Waals surface area contributed by atoms with Gasteiger partial charge in [0.1, 0.15) is 6.61 Å². The first-order chi connectivity index (χ1) is 25.1. The van der Waals surface area contributed by atoms with Crippen LogP contribution < -0.4 is 27.0 Å². The van der Waals surface area contributed by atoms with Crippen molar-refractivity contribution in [3.63, 3.8) is 0 Å². The maximum atomic E-state index is 12.5. The second-order valence-corrected chi connectivity index (χ2v) is 13.3. The molecular weight excluding hydrogens is 674 g/mol. The summed E-state index contributed by atoms with van der Waals surface area (Å²) in [5, 5.41) is 28.7. The summed E-state index contributed by atoms with van der Waals surface area (Å²) in [6, 6.07) is -1.34. The van der Waals surface area contributed by atoms with Crippen molar-refractivity contribution in [2.45, 2.75) is 147 Å². The van der Waals surface area contributed by atoms with E-state index in [2.05, 4.69) is 21.3 Å². The average Bonchev–Trinajstić information content (AvgIpc) is 3.10. The molecule has 0 aromatic rings. The Bertz CT molecular complexity index is 985. The van der Waals surface area contributed by atoms with Gasteiger partial charge in [-0.1, -0.05) is 77.0 Å². The molecule has 0 aliphatic carbocycles. The van der Waals surface area contributed by atoms with Gasteiger partial charge in [0, 0.05) is 32.4 Å². The lowest BCUT2D eigenvalue weighted by Crippen LogP contribution is -2.47. The molecule has 0 heterocycles. The van der Waals surface area contributed by atoms with Gasteiger partial charge in [-0.3, -0.25) is 34.1 Å². The molecule has 3 amide bonds. The Hall–Kier alpha value is -3.14. The number of nitrogens with one attached hydrogen (secondary N) is 4. The van der Waals surface area contributed by atoms with Crippen molar-refractivity contribution in [2.75, 3.05) is 53.1 Å². The van der Waals surface area contributed by atoms with Gasteiger partial charge in [0.2, 0.25) is 17.7 Å². The number of primary amides is 1. The Morgan fingerprint density at radius 2 is 1.08 bits per heavy atom. The first-order valence-electron chi connectivity index (χ1n) is 19.4. The highest BCUT2D eigenvalue weighted by Gasteiger charge is 2.21. The smallest absolute Gasteiger partial charge is 0.303 e. The number of aliphatic carboxylic acids is 2. The predicted octanol–water partition coefficient (Wildman–Crippen LogP) is 3.21. The molecule has 0 aliphatic heterocycles. The molecule has 0 spiro atoms. The van der Waals surface area contributed by atoms with Crippen LogP contribution in [-0.4, -0.2) is 111 Å². The molecule has 0 radical (unpaired) electrons. The number of amides is 3. The summed E-state index contributed by atoms with van der Waals surface area (Å²) in [7, 11) is 1.66. The Labute approximate surface area is 310 Å². The molecule has 0 saturated carbocycles. The third-order valence-electron chi connectivity index (χ3n) is 8.71. The van der Waals surface area contributed by atoms with Gasteiger partial charge in [0.05, 0.1) is 38.4 Å². The standard InChI is InChI=1S/C37H69N5O10/c1-39-30(32(43)28-42-31(37(38)50)21-22-36(48)49)18-16-17-23-40-34(45)29-52-27-26-51-25-24-41-33(44)19-14-12-10-8-6-4-2-3-5-7-9-11-13-15-20-35(46)47/h30-31,39,42H,2-29H2,1H3,(H2,38,50)(H,40,45)(H,41,44)(H,46,47)(H,48,49)/t30-,31-/m0/s1. The number of hydrogen-bond donors (Lipinski definition) is 7. The SMILES string of the molecule is CN[C@@H](CCCCNC(=O)COCCOCCNC(=O)CCCCCCCCCCCCCCCCC(=O)O)C(=O)CN[C@@H](CCC(=O)O)C(N)=O. The zero-order chi connectivity index (χ0) is 38.7. The van der Waals surface area contributed by atoms with E-state index in [1.165, 1.54) is 51.4 Å². The Morgan fingerprint density at radius 1 is 0.558 bits per heavy atom. The third-order valence-corrected chi connectivity index (χ3v) is 8.71. The molecule has 2 atom stereocenters. The van der Waals surface area contributed by atoms with E-state index in [0.29, 0.717) is 58.4 Å². The number of ether oxygens (including phenoxy) is 2. The minimum atomic E-state index is -1.05. The lowest BCUT2D eigenvalue weighted by molar-refractivity contribution is -0.138. The molecule has 0 aromatic carbocycles. The summed E-state index contributed by atoms with van der Waals surface area (Å²) in [6.45, 7) is 1.60. The number of carbonyl (C=O) groups excluding carboxylic acids is 4. The van der Waals surface area contributed by atoms with Crippen molar-refractivity contribution in [3.8, 4) is 0 Å². The van der Waals surface area contributed by atoms with Gasteiger partial charge in [-0.2, -0.15) is 0 Å². The molecule has 0 aromatic heterocycles. The highest BCUT2D eigenvalue weighted by molar-refractivity contribution is 5.87. The van der Waals surface area contributed by atoms with Gasteiger partial charge in [0.15, 0.2) is 5.78 Å². The maximum absolute atomic E-state index is 12.5. The number of carbonyl (C=O) groups is 6. The molecule has 0 bridgehead atoms. The number of likely N-dealkylation sites (N-methyl/N-ethyl adjacent to an activating group) is 1. The van der Waals surface area contributed by atoms with Gasteiger partial charge in [-0.25, -0.2) is 0 Å². The minimum Gasteiger partial charge on any atom is -0.481 e. The van der Waals surface area contributed by atoms with Crippen LogP contribution in [0.15, 0.2) is 0 Å². The quantitative estimate of drug-likeness (QED) is 0.0450. The summed E-state index contributed by atoms with van der Waals surface area (Å²) in [6.07, 6.45) is 18.5. The lowest BCUT2D eigenvalue weighted by atomic mass is 10.0. The Morgan fingerprint density at radius 3 is 1.62 bits per heavy atom. The van der Waals surface area contributed by atoms with Crippen LogP contribution in [0, 0.1) is 0 Å². The van der Waals surface area contributed by atoms with Crippen LogP contribution in [-0.2, 0) is 38.2 Å². The van der Waals surface area contributed by atoms with E-state index in [0.717, 1.165) is 38.5 Å². The number of unbranched alkanes of at least 4 members (excludes halogenated alkanes) is 14.